The molecule has 21 heavy (non-hydrogen) atoms. The maximum absolute atomic E-state index is 6.35. The molecule has 0 amide bonds. The summed E-state index contributed by atoms with van der Waals surface area (Å²) in [5.74, 6) is 1.91. The van der Waals surface area contributed by atoms with E-state index in [0.717, 1.165) is 42.0 Å². The number of hydrogen-bond acceptors (Lipinski definition) is 3. The quantitative estimate of drug-likeness (QED) is 0.918. The molecule has 1 unspecified atom stereocenters. The van der Waals surface area contributed by atoms with Crippen LogP contribution < -0.4 is 10.5 Å². The summed E-state index contributed by atoms with van der Waals surface area (Å²) < 4.78 is 7.58. The van der Waals surface area contributed by atoms with Crippen molar-refractivity contribution in [2.45, 2.75) is 53.1 Å². The molecule has 2 aromatic rings. The highest BCUT2D eigenvalue weighted by molar-refractivity contribution is 5.77. The molecular weight excluding hydrogens is 262 g/mol. The second kappa shape index (κ2) is 6.06. The van der Waals surface area contributed by atoms with Gasteiger partial charge in [0.25, 0.3) is 0 Å². The largest absolute Gasteiger partial charge is 0.497 e. The van der Waals surface area contributed by atoms with Gasteiger partial charge in [-0.25, -0.2) is 4.98 Å². The van der Waals surface area contributed by atoms with Crippen LogP contribution in [0.2, 0.25) is 0 Å². The average molecular weight is 289 g/mol. The van der Waals surface area contributed by atoms with Crippen molar-refractivity contribution in [3.8, 4) is 5.75 Å². The third-order valence-corrected chi connectivity index (χ3v) is 4.00. The second-order valence-corrected chi connectivity index (χ2v) is 6.71. The smallest absolute Gasteiger partial charge is 0.121 e. The third-order valence-electron chi connectivity index (χ3n) is 4.00. The molecule has 0 fully saturated rings. The van der Waals surface area contributed by atoms with Gasteiger partial charge < -0.3 is 15.0 Å². The van der Waals surface area contributed by atoms with Crippen molar-refractivity contribution in [2.75, 3.05) is 7.11 Å². The lowest BCUT2D eigenvalue weighted by atomic mass is 9.85. The minimum Gasteiger partial charge on any atom is -0.497 e. The molecular formula is C17H27N3O. The molecule has 2 N–H and O–H groups in total. The molecule has 0 bridgehead atoms. The van der Waals surface area contributed by atoms with E-state index in [2.05, 4.69) is 38.3 Å². The molecule has 2 rings (SSSR count). The Balaban J connectivity index is 2.44. The predicted octanol–water partition coefficient (Wildman–Crippen LogP) is 3.37. The van der Waals surface area contributed by atoms with Gasteiger partial charge in [0.2, 0.25) is 0 Å². The highest BCUT2D eigenvalue weighted by atomic mass is 16.5. The molecule has 116 valence electrons. The zero-order valence-corrected chi connectivity index (χ0v) is 13.8. The Morgan fingerprint density at radius 3 is 2.62 bits per heavy atom. The molecule has 1 aromatic carbocycles. The maximum atomic E-state index is 6.35. The summed E-state index contributed by atoms with van der Waals surface area (Å²) in [5, 5.41) is 0. The van der Waals surface area contributed by atoms with Gasteiger partial charge in [-0.1, -0.05) is 27.7 Å². The number of rotatable bonds is 5. The lowest BCUT2D eigenvalue weighted by molar-refractivity contribution is 0.312. The monoisotopic (exact) mass is 289 g/mol. The molecule has 4 nitrogen and oxygen atoms in total. The number of aromatic nitrogens is 2. The van der Waals surface area contributed by atoms with Crippen LogP contribution in [0.15, 0.2) is 18.2 Å². The molecule has 0 aliphatic heterocycles. The highest BCUT2D eigenvalue weighted by Crippen LogP contribution is 2.25. The summed E-state index contributed by atoms with van der Waals surface area (Å²) in [5.41, 5.74) is 8.57. The number of fused-ring (bicyclic) bond motifs is 1. The first-order valence-electron chi connectivity index (χ1n) is 7.65. The minimum atomic E-state index is 0.0763. The number of hydrogen-bond donors (Lipinski definition) is 1. The molecule has 0 saturated heterocycles. The predicted molar refractivity (Wildman–Crippen MR) is 87.7 cm³/mol. The molecule has 0 radical (unpaired) electrons. The van der Waals surface area contributed by atoms with Crippen LogP contribution in [0.1, 0.15) is 39.9 Å². The van der Waals surface area contributed by atoms with Crippen molar-refractivity contribution in [1.82, 2.24) is 9.55 Å². The summed E-state index contributed by atoms with van der Waals surface area (Å²) in [7, 11) is 1.68. The lowest BCUT2D eigenvalue weighted by Crippen LogP contribution is -2.37. The van der Waals surface area contributed by atoms with Gasteiger partial charge in [-0.3, -0.25) is 0 Å². The van der Waals surface area contributed by atoms with Crippen molar-refractivity contribution >= 4 is 11.0 Å². The van der Waals surface area contributed by atoms with Crippen LogP contribution in [0.5, 0.6) is 5.75 Å². The second-order valence-electron chi connectivity index (χ2n) is 6.71. The number of ether oxygens (including phenoxy) is 1. The van der Waals surface area contributed by atoms with Gasteiger partial charge in [-0.05, 0) is 24.0 Å². The number of benzene rings is 1. The summed E-state index contributed by atoms with van der Waals surface area (Å²) in [6, 6.07) is 6.16. The van der Waals surface area contributed by atoms with Gasteiger partial charge in [0.1, 0.15) is 11.6 Å². The Kier molecular flexibility index (Phi) is 4.57. The lowest BCUT2D eigenvalue weighted by Gasteiger charge is -2.27. The molecule has 1 heterocycles. The normalized spacial score (nSPS) is 13.6. The van der Waals surface area contributed by atoms with Crippen molar-refractivity contribution in [3.05, 3.63) is 24.0 Å². The van der Waals surface area contributed by atoms with E-state index in [1.165, 1.54) is 0 Å². The highest BCUT2D eigenvalue weighted by Gasteiger charge is 2.23. The van der Waals surface area contributed by atoms with Crippen LogP contribution in [0.25, 0.3) is 11.0 Å². The summed E-state index contributed by atoms with van der Waals surface area (Å²) in [6.07, 6.45) is 1.87. The van der Waals surface area contributed by atoms with Gasteiger partial charge in [-0.15, -0.1) is 0 Å². The van der Waals surface area contributed by atoms with Crippen molar-refractivity contribution < 1.29 is 4.74 Å². The Labute approximate surface area is 127 Å². The molecule has 0 aliphatic carbocycles. The average Bonchev–Trinajstić information content (AvgIpc) is 2.75. The van der Waals surface area contributed by atoms with Gasteiger partial charge in [-0.2, -0.15) is 0 Å². The first kappa shape index (κ1) is 15.8. The fourth-order valence-corrected chi connectivity index (χ4v) is 2.42. The number of imidazole rings is 1. The summed E-state index contributed by atoms with van der Waals surface area (Å²) >= 11 is 0. The van der Waals surface area contributed by atoms with Gasteiger partial charge >= 0.3 is 0 Å². The number of nitrogens with two attached hydrogens (primary N) is 1. The van der Waals surface area contributed by atoms with Crippen LogP contribution in [-0.2, 0) is 13.0 Å². The molecule has 4 heteroatoms. The zero-order valence-electron chi connectivity index (χ0n) is 13.8. The number of aryl methyl sites for hydroxylation is 1. The summed E-state index contributed by atoms with van der Waals surface area (Å²) in [6.45, 7) is 9.67. The van der Waals surface area contributed by atoms with E-state index in [1.54, 1.807) is 7.11 Å². The Bertz CT molecular complexity index is 610. The Morgan fingerprint density at radius 1 is 1.33 bits per heavy atom. The SMILES string of the molecule is CCCn1c(CC(N)C(C)(C)C)nc2cc(OC)ccc21. The van der Waals surface area contributed by atoms with Crippen LogP contribution >= 0.6 is 0 Å². The zero-order chi connectivity index (χ0) is 15.6. The molecule has 1 aromatic heterocycles. The molecule has 0 saturated carbocycles. The molecule has 0 spiro atoms. The standard InChI is InChI=1S/C17H27N3O/c1-6-9-20-14-8-7-12(21-5)10-13(14)19-16(20)11-15(18)17(2,3)4/h7-8,10,15H,6,9,11,18H2,1-5H3. The van der Waals surface area contributed by atoms with Gasteiger partial charge in [0, 0.05) is 25.1 Å². The summed E-state index contributed by atoms with van der Waals surface area (Å²) in [4.78, 5) is 4.80. The molecule has 1 atom stereocenters. The van der Waals surface area contributed by atoms with Crippen LogP contribution in [0, 0.1) is 5.41 Å². The van der Waals surface area contributed by atoms with E-state index in [0.29, 0.717) is 0 Å². The third kappa shape index (κ3) is 3.38. The van der Waals surface area contributed by atoms with Crippen molar-refractivity contribution in [1.29, 1.82) is 0 Å². The molecule has 0 aliphatic rings. The Hall–Kier alpha value is -1.55. The van der Waals surface area contributed by atoms with Gasteiger partial charge in [0.15, 0.2) is 0 Å². The Morgan fingerprint density at radius 2 is 2.05 bits per heavy atom. The first-order chi connectivity index (χ1) is 9.86. The topological polar surface area (TPSA) is 53.1 Å². The fourth-order valence-electron chi connectivity index (χ4n) is 2.42. The van der Waals surface area contributed by atoms with Crippen molar-refractivity contribution in [2.24, 2.45) is 11.1 Å². The maximum Gasteiger partial charge on any atom is 0.121 e. The van der Waals surface area contributed by atoms with E-state index in [1.807, 2.05) is 12.1 Å². The number of methoxy groups -OCH3 is 1. The van der Waals surface area contributed by atoms with E-state index in [-0.39, 0.29) is 11.5 Å². The van der Waals surface area contributed by atoms with E-state index in [9.17, 15) is 0 Å². The minimum absolute atomic E-state index is 0.0763. The van der Waals surface area contributed by atoms with Crippen LogP contribution in [0.3, 0.4) is 0 Å². The van der Waals surface area contributed by atoms with Crippen molar-refractivity contribution in [3.63, 3.8) is 0 Å². The fraction of sp³-hybridized carbons (Fsp3) is 0.588. The first-order valence-corrected chi connectivity index (χ1v) is 7.65. The van der Waals surface area contributed by atoms with E-state index >= 15 is 0 Å². The van der Waals surface area contributed by atoms with Crippen LogP contribution in [0.4, 0.5) is 0 Å². The van der Waals surface area contributed by atoms with Crippen LogP contribution in [-0.4, -0.2) is 22.7 Å². The van der Waals surface area contributed by atoms with E-state index < -0.39 is 0 Å². The number of nitrogens with zero attached hydrogens (tertiary/aromatic N) is 2. The van der Waals surface area contributed by atoms with Gasteiger partial charge in [0.05, 0.1) is 18.1 Å². The van der Waals surface area contributed by atoms with E-state index in [4.69, 9.17) is 15.5 Å².